The highest BCUT2D eigenvalue weighted by Crippen LogP contribution is 2.31. The molecule has 0 aliphatic carbocycles. The van der Waals surface area contributed by atoms with Gasteiger partial charge in [-0.3, -0.25) is 9.59 Å². The molecule has 0 saturated carbocycles. The summed E-state index contributed by atoms with van der Waals surface area (Å²) >= 11 is 0. The molecular weight excluding hydrogens is 394 g/mol. The van der Waals surface area contributed by atoms with Gasteiger partial charge >= 0.3 is 6.18 Å². The standard InChI is InChI=1S/C19H21F4N3O3/c1-4-12(10-16(24-3)26-17(27)5-2)18(28)25-8-9-29-15-7-6-13(11-14(15)20)19(21,22)23/h4,6-7,10-11H,3,5,8-9H2,1-2H3,(H,25,28)(H,26,27)/b12-4+,16-10+. The maximum Gasteiger partial charge on any atom is 0.416 e. The van der Waals surface area contributed by atoms with Gasteiger partial charge in [0.2, 0.25) is 5.91 Å². The Bertz CT molecular complexity index is 817. The van der Waals surface area contributed by atoms with E-state index in [4.69, 9.17) is 4.74 Å². The lowest BCUT2D eigenvalue weighted by molar-refractivity contribution is -0.137. The van der Waals surface area contributed by atoms with Gasteiger partial charge < -0.3 is 15.4 Å². The van der Waals surface area contributed by atoms with Crippen LogP contribution in [0, 0.1) is 5.82 Å². The molecule has 0 unspecified atom stereocenters. The summed E-state index contributed by atoms with van der Waals surface area (Å²) in [5.74, 6) is -2.24. The Morgan fingerprint density at radius 2 is 2.00 bits per heavy atom. The van der Waals surface area contributed by atoms with Crippen LogP contribution in [0.4, 0.5) is 17.6 Å². The van der Waals surface area contributed by atoms with Crippen molar-refractivity contribution >= 4 is 18.5 Å². The first-order chi connectivity index (χ1) is 13.6. The average Bonchev–Trinajstić information content (AvgIpc) is 2.67. The summed E-state index contributed by atoms with van der Waals surface area (Å²) in [6.45, 7) is 6.35. The number of nitrogens with zero attached hydrogens (tertiary/aromatic N) is 1. The Kier molecular flexibility index (Phi) is 9.04. The van der Waals surface area contributed by atoms with Crippen LogP contribution in [0.1, 0.15) is 25.8 Å². The van der Waals surface area contributed by atoms with Crippen molar-refractivity contribution in [1.29, 1.82) is 0 Å². The molecule has 0 aliphatic heterocycles. The van der Waals surface area contributed by atoms with Crippen LogP contribution in [0.25, 0.3) is 0 Å². The molecule has 1 rings (SSSR count). The van der Waals surface area contributed by atoms with Crippen molar-refractivity contribution < 1.29 is 31.9 Å². The van der Waals surface area contributed by atoms with Gasteiger partial charge in [0.05, 0.1) is 12.1 Å². The minimum atomic E-state index is -4.65. The first-order valence-electron chi connectivity index (χ1n) is 8.54. The minimum Gasteiger partial charge on any atom is -0.489 e. The summed E-state index contributed by atoms with van der Waals surface area (Å²) in [5, 5.41) is 4.97. The van der Waals surface area contributed by atoms with Crippen LogP contribution in [0.2, 0.25) is 0 Å². The zero-order valence-electron chi connectivity index (χ0n) is 15.9. The number of halogens is 4. The molecule has 1 aromatic rings. The van der Waals surface area contributed by atoms with E-state index >= 15 is 0 Å². The number of carbonyl (C=O) groups is 2. The molecule has 10 heteroatoms. The van der Waals surface area contributed by atoms with Crippen molar-refractivity contribution in [1.82, 2.24) is 10.6 Å². The quantitative estimate of drug-likeness (QED) is 0.213. The van der Waals surface area contributed by atoms with Crippen LogP contribution in [0.5, 0.6) is 5.75 Å². The minimum absolute atomic E-state index is 0.0390. The Morgan fingerprint density at radius 1 is 1.31 bits per heavy atom. The lowest BCUT2D eigenvalue weighted by Crippen LogP contribution is -2.29. The lowest BCUT2D eigenvalue weighted by atomic mass is 10.2. The van der Waals surface area contributed by atoms with Crippen LogP contribution in [-0.2, 0) is 15.8 Å². The van der Waals surface area contributed by atoms with Gasteiger partial charge in [-0.2, -0.15) is 13.2 Å². The fourth-order valence-corrected chi connectivity index (χ4v) is 2.00. The van der Waals surface area contributed by atoms with Crippen LogP contribution in [0.15, 0.2) is 46.7 Å². The molecule has 2 amide bonds. The molecule has 1 aromatic carbocycles. The van der Waals surface area contributed by atoms with E-state index in [0.29, 0.717) is 12.1 Å². The molecule has 0 heterocycles. The predicted octanol–water partition coefficient (Wildman–Crippen LogP) is 3.35. The van der Waals surface area contributed by atoms with Gasteiger partial charge in [-0.1, -0.05) is 13.0 Å². The summed E-state index contributed by atoms with van der Waals surface area (Å²) in [7, 11) is 0. The lowest BCUT2D eigenvalue weighted by Gasteiger charge is -2.11. The zero-order chi connectivity index (χ0) is 22.0. The molecule has 0 atom stereocenters. The first kappa shape index (κ1) is 23.9. The number of benzene rings is 1. The second-order valence-corrected chi connectivity index (χ2v) is 5.58. The number of ether oxygens (including phenoxy) is 1. The zero-order valence-corrected chi connectivity index (χ0v) is 15.9. The maximum absolute atomic E-state index is 13.7. The number of carbonyl (C=O) groups excluding carboxylic acids is 2. The highest BCUT2D eigenvalue weighted by Gasteiger charge is 2.31. The second-order valence-electron chi connectivity index (χ2n) is 5.58. The van der Waals surface area contributed by atoms with Gasteiger partial charge in [0, 0.05) is 12.0 Å². The summed E-state index contributed by atoms with van der Waals surface area (Å²) < 4.78 is 56.3. The third kappa shape index (κ3) is 7.76. The van der Waals surface area contributed by atoms with Gasteiger partial charge in [0.15, 0.2) is 11.6 Å². The van der Waals surface area contributed by atoms with E-state index in [1.165, 1.54) is 12.2 Å². The van der Waals surface area contributed by atoms with Crippen molar-refractivity contribution in [2.45, 2.75) is 26.4 Å². The molecule has 6 nitrogen and oxygen atoms in total. The monoisotopic (exact) mass is 415 g/mol. The number of allylic oxidation sites excluding steroid dienone is 1. The third-order valence-electron chi connectivity index (χ3n) is 3.53. The predicted molar refractivity (Wildman–Crippen MR) is 99.7 cm³/mol. The third-order valence-corrected chi connectivity index (χ3v) is 3.53. The Morgan fingerprint density at radius 3 is 2.52 bits per heavy atom. The normalized spacial score (nSPS) is 12.3. The summed E-state index contributed by atoms with van der Waals surface area (Å²) in [6.07, 6.45) is -1.62. The van der Waals surface area contributed by atoms with Gasteiger partial charge in [0.1, 0.15) is 12.4 Å². The van der Waals surface area contributed by atoms with Crippen molar-refractivity contribution in [2.24, 2.45) is 4.99 Å². The van der Waals surface area contributed by atoms with E-state index in [9.17, 15) is 27.2 Å². The van der Waals surface area contributed by atoms with E-state index in [1.54, 1.807) is 13.8 Å². The number of rotatable bonds is 9. The van der Waals surface area contributed by atoms with Crippen LogP contribution in [0.3, 0.4) is 0 Å². The molecule has 0 fully saturated rings. The summed E-state index contributed by atoms with van der Waals surface area (Å²) in [5.41, 5.74) is -0.938. The highest BCUT2D eigenvalue weighted by molar-refractivity contribution is 5.96. The molecule has 158 valence electrons. The summed E-state index contributed by atoms with van der Waals surface area (Å²) in [6, 6.07) is 1.91. The largest absolute Gasteiger partial charge is 0.489 e. The Labute approximate surface area is 165 Å². The van der Waals surface area contributed by atoms with Crippen LogP contribution in [-0.4, -0.2) is 31.7 Å². The smallest absolute Gasteiger partial charge is 0.416 e. The average molecular weight is 415 g/mol. The van der Waals surface area contributed by atoms with E-state index in [0.717, 1.165) is 6.07 Å². The number of amides is 2. The van der Waals surface area contributed by atoms with Crippen LogP contribution >= 0.6 is 0 Å². The number of aliphatic imine (C=N–C) groups is 1. The molecule has 0 spiro atoms. The molecule has 0 aliphatic rings. The molecule has 0 saturated heterocycles. The van der Waals surface area contributed by atoms with Crippen molar-refractivity contribution in [3.63, 3.8) is 0 Å². The van der Waals surface area contributed by atoms with Crippen LogP contribution < -0.4 is 15.4 Å². The van der Waals surface area contributed by atoms with Crippen molar-refractivity contribution in [3.8, 4) is 5.75 Å². The molecule has 0 aromatic heterocycles. The Balaban J connectivity index is 2.62. The first-order valence-corrected chi connectivity index (χ1v) is 8.54. The second kappa shape index (κ2) is 11.0. The van der Waals surface area contributed by atoms with E-state index in [-0.39, 0.29) is 42.6 Å². The maximum atomic E-state index is 13.7. The fraction of sp³-hybridized carbons (Fsp3) is 0.316. The van der Waals surface area contributed by atoms with Crippen molar-refractivity contribution in [2.75, 3.05) is 13.2 Å². The van der Waals surface area contributed by atoms with Gasteiger partial charge in [-0.25, -0.2) is 9.38 Å². The Hall–Kier alpha value is -3.17. The highest BCUT2D eigenvalue weighted by atomic mass is 19.4. The number of nitrogens with one attached hydrogen (secondary N) is 2. The SMILES string of the molecule is C=N/C(=C\C(=C/C)C(=O)NCCOc1ccc(C(F)(F)F)cc1F)NC(=O)CC. The summed E-state index contributed by atoms with van der Waals surface area (Å²) in [4.78, 5) is 27.2. The van der Waals surface area contributed by atoms with E-state index in [1.807, 2.05) is 0 Å². The van der Waals surface area contributed by atoms with Crippen molar-refractivity contribution in [3.05, 3.63) is 53.1 Å². The molecule has 0 radical (unpaired) electrons. The fourth-order valence-electron chi connectivity index (χ4n) is 2.00. The number of hydrogen-bond acceptors (Lipinski definition) is 4. The molecule has 29 heavy (non-hydrogen) atoms. The molecule has 0 bridgehead atoms. The molecule has 2 N–H and O–H groups in total. The van der Waals surface area contributed by atoms with E-state index < -0.39 is 23.5 Å². The van der Waals surface area contributed by atoms with Gasteiger partial charge in [0.25, 0.3) is 5.91 Å². The topological polar surface area (TPSA) is 79.8 Å². The molecular formula is C19H21F4N3O3. The van der Waals surface area contributed by atoms with E-state index in [2.05, 4.69) is 22.3 Å². The number of hydrogen-bond donors (Lipinski definition) is 2. The number of alkyl halides is 3. The van der Waals surface area contributed by atoms with Gasteiger partial charge in [-0.15, -0.1) is 0 Å². The van der Waals surface area contributed by atoms with Gasteiger partial charge in [-0.05, 0) is 37.9 Å².